The molecule has 0 spiro atoms. The topological polar surface area (TPSA) is 55.7 Å². The van der Waals surface area contributed by atoms with E-state index < -0.39 is 5.97 Å². The molecule has 4 nitrogen and oxygen atoms in total. The molecule has 0 radical (unpaired) electrons. The van der Waals surface area contributed by atoms with Gasteiger partial charge in [-0.25, -0.2) is 14.6 Å². The van der Waals surface area contributed by atoms with Crippen molar-refractivity contribution in [3.8, 4) is 0 Å². The van der Waals surface area contributed by atoms with Gasteiger partial charge in [0.2, 0.25) is 6.08 Å². The molecule has 4 heteroatoms. The smallest absolute Gasteiger partial charge is 0.333 e. The van der Waals surface area contributed by atoms with E-state index in [1.165, 1.54) is 6.08 Å². The lowest BCUT2D eigenvalue weighted by atomic mass is 10.2. The van der Waals surface area contributed by atoms with Gasteiger partial charge in [-0.1, -0.05) is 6.58 Å². The van der Waals surface area contributed by atoms with Gasteiger partial charge in [0.15, 0.2) is 0 Å². The molecular formula is C10H15NO3. The van der Waals surface area contributed by atoms with Crippen molar-refractivity contribution >= 4 is 12.0 Å². The van der Waals surface area contributed by atoms with Crippen LogP contribution in [-0.4, -0.2) is 24.2 Å². The van der Waals surface area contributed by atoms with E-state index in [4.69, 9.17) is 4.74 Å². The minimum Gasteiger partial charge on any atom is -0.459 e. The van der Waals surface area contributed by atoms with Crippen molar-refractivity contribution in [3.05, 3.63) is 12.2 Å². The van der Waals surface area contributed by atoms with Crippen LogP contribution in [0.3, 0.4) is 0 Å². The highest BCUT2D eigenvalue weighted by Gasteiger charge is 2.12. The molecule has 2 atom stereocenters. The Morgan fingerprint density at radius 3 is 2.57 bits per heavy atom. The van der Waals surface area contributed by atoms with Gasteiger partial charge in [0.25, 0.3) is 0 Å². The Labute approximate surface area is 83.7 Å². The van der Waals surface area contributed by atoms with Gasteiger partial charge >= 0.3 is 5.97 Å². The fourth-order valence-electron chi connectivity index (χ4n) is 0.954. The van der Waals surface area contributed by atoms with Gasteiger partial charge in [0, 0.05) is 12.0 Å². The van der Waals surface area contributed by atoms with E-state index in [1.54, 1.807) is 20.8 Å². The second-order valence-corrected chi connectivity index (χ2v) is 3.30. The highest BCUT2D eigenvalue weighted by atomic mass is 16.5. The molecule has 0 aliphatic carbocycles. The Morgan fingerprint density at radius 2 is 2.14 bits per heavy atom. The lowest BCUT2D eigenvalue weighted by Gasteiger charge is -2.14. The van der Waals surface area contributed by atoms with Gasteiger partial charge in [-0.3, -0.25) is 0 Å². The maximum atomic E-state index is 11.1. The van der Waals surface area contributed by atoms with Crippen LogP contribution >= 0.6 is 0 Å². The van der Waals surface area contributed by atoms with Gasteiger partial charge in [-0.2, -0.15) is 0 Å². The normalized spacial score (nSPS) is 13.6. The van der Waals surface area contributed by atoms with E-state index in [-0.39, 0.29) is 12.1 Å². The molecule has 14 heavy (non-hydrogen) atoms. The Bertz CT molecular complexity index is 267. The molecule has 0 aromatic heterocycles. The summed E-state index contributed by atoms with van der Waals surface area (Å²) < 4.78 is 5.00. The summed E-state index contributed by atoms with van der Waals surface area (Å²) in [4.78, 5) is 24.5. The second-order valence-electron chi connectivity index (χ2n) is 3.30. The van der Waals surface area contributed by atoms with Crippen molar-refractivity contribution < 1.29 is 14.3 Å². The summed E-state index contributed by atoms with van der Waals surface area (Å²) in [7, 11) is 0. The van der Waals surface area contributed by atoms with Gasteiger partial charge in [-0.05, 0) is 20.8 Å². The minimum atomic E-state index is -0.417. The van der Waals surface area contributed by atoms with Crippen LogP contribution in [0.5, 0.6) is 0 Å². The molecule has 2 unspecified atom stereocenters. The standard InChI is InChI=1S/C10H15NO3/c1-7(2)10(13)14-9(4)5-8(3)11-6-12/h8-9H,1,5H2,2-4H3. The Hall–Kier alpha value is -1.41. The Morgan fingerprint density at radius 1 is 1.57 bits per heavy atom. The van der Waals surface area contributed by atoms with Crippen LogP contribution in [-0.2, 0) is 14.3 Å². The molecule has 0 heterocycles. The number of hydrogen-bond acceptors (Lipinski definition) is 4. The van der Waals surface area contributed by atoms with Crippen molar-refractivity contribution in [1.29, 1.82) is 0 Å². The summed E-state index contributed by atoms with van der Waals surface area (Å²) in [5.74, 6) is -0.417. The molecule has 0 aliphatic rings. The molecule has 0 saturated heterocycles. The van der Waals surface area contributed by atoms with Crippen molar-refractivity contribution in [2.75, 3.05) is 0 Å². The quantitative estimate of drug-likeness (QED) is 0.291. The molecule has 0 aromatic carbocycles. The van der Waals surface area contributed by atoms with E-state index in [2.05, 4.69) is 11.6 Å². The highest BCUT2D eigenvalue weighted by molar-refractivity contribution is 5.87. The minimum absolute atomic E-state index is 0.180. The zero-order valence-electron chi connectivity index (χ0n) is 8.74. The molecule has 0 amide bonds. The van der Waals surface area contributed by atoms with E-state index >= 15 is 0 Å². The molecule has 78 valence electrons. The van der Waals surface area contributed by atoms with E-state index in [1.807, 2.05) is 0 Å². The summed E-state index contributed by atoms with van der Waals surface area (Å²) in [6.07, 6.45) is 1.70. The second kappa shape index (κ2) is 6.11. The predicted octanol–water partition coefficient (Wildman–Crippen LogP) is 1.61. The number of ether oxygens (including phenoxy) is 1. The van der Waals surface area contributed by atoms with Crippen LogP contribution in [0.4, 0.5) is 0 Å². The third-order valence-corrected chi connectivity index (χ3v) is 1.60. The molecule has 0 bridgehead atoms. The van der Waals surface area contributed by atoms with E-state index in [0.717, 1.165) is 0 Å². The highest BCUT2D eigenvalue weighted by Crippen LogP contribution is 2.07. The van der Waals surface area contributed by atoms with E-state index in [0.29, 0.717) is 12.0 Å². The Kier molecular flexibility index (Phi) is 5.49. The lowest BCUT2D eigenvalue weighted by molar-refractivity contribution is -0.143. The first-order chi connectivity index (χ1) is 6.47. The molecule has 0 rings (SSSR count). The summed E-state index contributed by atoms with van der Waals surface area (Å²) in [6.45, 7) is 8.56. The maximum absolute atomic E-state index is 11.1. The number of aliphatic imine (C=N–C) groups is 1. The van der Waals surface area contributed by atoms with Crippen LogP contribution in [0.2, 0.25) is 0 Å². The van der Waals surface area contributed by atoms with Crippen LogP contribution < -0.4 is 0 Å². The average Bonchev–Trinajstić information content (AvgIpc) is 2.03. The number of isocyanates is 1. The molecular weight excluding hydrogens is 182 g/mol. The van der Waals surface area contributed by atoms with Crippen LogP contribution in [0.15, 0.2) is 17.1 Å². The first-order valence-electron chi connectivity index (χ1n) is 4.40. The van der Waals surface area contributed by atoms with Crippen LogP contribution in [0.25, 0.3) is 0 Å². The number of hydrogen-bond donors (Lipinski definition) is 0. The SMILES string of the molecule is C=C(C)C(=O)OC(C)CC(C)N=C=O. The van der Waals surface area contributed by atoms with Crippen molar-refractivity contribution in [2.45, 2.75) is 39.3 Å². The summed E-state index contributed by atoms with van der Waals surface area (Å²) in [5.41, 5.74) is 0.364. The number of carbonyl (C=O) groups excluding carboxylic acids is 2. The first kappa shape index (κ1) is 12.6. The first-order valence-corrected chi connectivity index (χ1v) is 4.40. The van der Waals surface area contributed by atoms with Gasteiger partial charge in [-0.15, -0.1) is 0 Å². The fourth-order valence-corrected chi connectivity index (χ4v) is 0.954. The van der Waals surface area contributed by atoms with Gasteiger partial charge in [0.05, 0.1) is 6.04 Å². The molecule has 0 aromatic rings. The van der Waals surface area contributed by atoms with Crippen molar-refractivity contribution in [2.24, 2.45) is 4.99 Å². The van der Waals surface area contributed by atoms with Crippen molar-refractivity contribution in [1.82, 2.24) is 0 Å². The number of esters is 1. The fraction of sp³-hybridized carbons (Fsp3) is 0.600. The summed E-state index contributed by atoms with van der Waals surface area (Å²) in [5, 5.41) is 0. The summed E-state index contributed by atoms with van der Waals surface area (Å²) >= 11 is 0. The predicted molar refractivity (Wildman–Crippen MR) is 52.6 cm³/mol. The van der Waals surface area contributed by atoms with E-state index in [9.17, 15) is 9.59 Å². The third-order valence-electron chi connectivity index (χ3n) is 1.60. The zero-order chi connectivity index (χ0) is 11.1. The largest absolute Gasteiger partial charge is 0.459 e. The Balaban J connectivity index is 3.97. The molecule has 0 N–H and O–H groups in total. The third kappa shape index (κ3) is 5.27. The van der Waals surface area contributed by atoms with Crippen molar-refractivity contribution in [3.63, 3.8) is 0 Å². The molecule has 0 aliphatic heterocycles. The number of nitrogens with zero attached hydrogens (tertiary/aromatic N) is 1. The van der Waals surface area contributed by atoms with Crippen LogP contribution in [0.1, 0.15) is 27.2 Å². The zero-order valence-corrected chi connectivity index (χ0v) is 8.74. The van der Waals surface area contributed by atoms with Crippen LogP contribution in [0, 0.1) is 0 Å². The monoisotopic (exact) mass is 197 g/mol. The average molecular weight is 197 g/mol. The lowest BCUT2D eigenvalue weighted by Crippen LogP contribution is -2.19. The molecule has 0 saturated carbocycles. The maximum Gasteiger partial charge on any atom is 0.333 e. The molecule has 0 fully saturated rings. The van der Waals surface area contributed by atoms with Gasteiger partial charge in [0.1, 0.15) is 6.10 Å². The number of carbonyl (C=O) groups is 1. The summed E-state index contributed by atoms with van der Waals surface area (Å²) in [6, 6.07) is -0.180. The number of rotatable bonds is 5. The van der Waals surface area contributed by atoms with Gasteiger partial charge < -0.3 is 4.74 Å².